The van der Waals surface area contributed by atoms with Crippen molar-refractivity contribution in [2.24, 2.45) is 4.99 Å². The number of alkyl halides is 1. The van der Waals surface area contributed by atoms with Crippen LogP contribution in [0.4, 0.5) is 10.1 Å². The number of hydrogen-bond donors (Lipinski definition) is 3. The lowest BCUT2D eigenvalue weighted by atomic mass is 10.0. The SMILES string of the molecule is COC(C)=NC1CCc2cccc3c2N(C1=O)C(c1ncc(-c2cnc4cc(-c5ccc(-c6cnc(C7CC(C)(F)CN7)[nH]6)cc5)ccc4c2)[nH]1)C3. The Kier molecular flexibility index (Phi) is 7.76. The summed E-state index contributed by atoms with van der Waals surface area (Å²) in [5, 5.41) is 4.23. The number of fused-ring (bicyclic) bond motifs is 1. The van der Waals surface area contributed by atoms with E-state index in [0.717, 1.165) is 73.9 Å². The first-order valence-electron chi connectivity index (χ1n) is 17.8. The Morgan fingerprint density at radius 1 is 0.904 bits per heavy atom. The van der Waals surface area contributed by atoms with Crippen LogP contribution in [0.3, 0.4) is 0 Å². The smallest absolute Gasteiger partial charge is 0.252 e. The van der Waals surface area contributed by atoms with E-state index in [9.17, 15) is 9.18 Å². The number of aryl methyl sites for hydroxylation is 1. The summed E-state index contributed by atoms with van der Waals surface area (Å²) in [6, 6.07) is 22.2. The fourth-order valence-corrected chi connectivity index (χ4v) is 7.93. The first-order valence-corrected chi connectivity index (χ1v) is 17.8. The van der Waals surface area contributed by atoms with Crippen LogP contribution in [0.1, 0.15) is 61.5 Å². The number of aromatic amines is 2. The number of nitrogens with zero attached hydrogens (tertiary/aromatic N) is 5. The van der Waals surface area contributed by atoms with Crippen LogP contribution >= 0.6 is 0 Å². The number of ether oxygens (including phenoxy) is 1. The quantitative estimate of drug-likeness (QED) is 0.123. The number of benzene rings is 3. The molecule has 0 saturated carbocycles. The second-order valence-corrected chi connectivity index (χ2v) is 14.4. The van der Waals surface area contributed by atoms with Gasteiger partial charge < -0.3 is 20.0 Å². The van der Waals surface area contributed by atoms with E-state index in [-0.39, 0.29) is 18.0 Å². The van der Waals surface area contributed by atoms with Crippen LogP contribution in [0.15, 0.2) is 90.3 Å². The van der Waals surface area contributed by atoms with Crippen molar-refractivity contribution in [2.75, 3.05) is 18.6 Å². The fraction of sp³-hybridized carbons (Fsp3) is 0.293. The van der Waals surface area contributed by atoms with Crippen molar-refractivity contribution in [1.82, 2.24) is 30.2 Å². The van der Waals surface area contributed by atoms with Gasteiger partial charge >= 0.3 is 0 Å². The van der Waals surface area contributed by atoms with Gasteiger partial charge in [0.1, 0.15) is 23.4 Å². The van der Waals surface area contributed by atoms with Gasteiger partial charge in [-0.2, -0.15) is 0 Å². The molecular weight excluding hydrogens is 656 g/mol. The van der Waals surface area contributed by atoms with Gasteiger partial charge in [-0.05, 0) is 59.7 Å². The van der Waals surface area contributed by atoms with Crippen LogP contribution in [-0.2, 0) is 22.4 Å². The van der Waals surface area contributed by atoms with Crippen molar-refractivity contribution < 1.29 is 13.9 Å². The largest absolute Gasteiger partial charge is 0.484 e. The number of anilines is 1. The van der Waals surface area contributed by atoms with Gasteiger partial charge in [-0.25, -0.2) is 19.4 Å². The topological polar surface area (TPSA) is 124 Å². The molecule has 6 aromatic rings. The molecule has 1 saturated heterocycles. The second kappa shape index (κ2) is 12.5. The number of rotatable bonds is 6. The van der Waals surface area contributed by atoms with E-state index in [1.807, 2.05) is 23.5 Å². The van der Waals surface area contributed by atoms with Gasteiger partial charge in [0.05, 0.1) is 54.2 Å². The van der Waals surface area contributed by atoms with Crippen molar-refractivity contribution in [3.05, 3.63) is 108 Å². The lowest BCUT2D eigenvalue weighted by Gasteiger charge is -2.26. The standard InChI is InChI=1S/C41H39FN8O2/c1-23(52-3)47-31-14-13-26-5-4-6-29-17-36(50(37(26)29)40(31)51)39-45-21-35(49-39)30-15-28-12-11-27(16-32(28)43-19-30)24-7-9-25(10-8-24)34-20-44-38(48-34)33-18-41(2,42)22-46-33/h4-12,15-16,19-21,31,33,36,46H,13-14,17-18,22H2,1-3H3,(H,44,48)(H,45,49). The molecule has 10 nitrogen and oxygen atoms in total. The molecule has 0 bridgehead atoms. The molecule has 1 amide bonds. The van der Waals surface area contributed by atoms with Gasteiger partial charge in [0.2, 0.25) is 0 Å². The number of amides is 1. The minimum Gasteiger partial charge on any atom is -0.484 e. The maximum Gasteiger partial charge on any atom is 0.252 e. The highest BCUT2D eigenvalue weighted by Gasteiger charge is 2.42. The number of halogens is 1. The van der Waals surface area contributed by atoms with E-state index >= 15 is 0 Å². The van der Waals surface area contributed by atoms with Gasteiger partial charge in [-0.3, -0.25) is 14.7 Å². The Morgan fingerprint density at radius 2 is 1.63 bits per heavy atom. The van der Waals surface area contributed by atoms with Crippen molar-refractivity contribution >= 4 is 28.4 Å². The van der Waals surface area contributed by atoms with E-state index in [4.69, 9.17) is 14.7 Å². The average molecular weight is 695 g/mol. The number of H-pyrrole nitrogens is 2. The molecule has 262 valence electrons. The Morgan fingerprint density at radius 3 is 2.42 bits per heavy atom. The molecule has 9 rings (SSSR count). The van der Waals surface area contributed by atoms with Crippen molar-refractivity contribution in [2.45, 2.75) is 63.3 Å². The van der Waals surface area contributed by atoms with Crippen molar-refractivity contribution in [3.8, 4) is 33.6 Å². The molecule has 0 aliphatic carbocycles. The highest BCUT2D eigenvalue weighted by atomic mass is 19.1. The molecule has 3 aliphatic rings. The molecule has 6 heterocycles. The number of hydrogen-bond acceptors (Lipinski definition) is 7. The van der Waals surface area contributed by atoms with Gasteiger partial charge in [0.25, 0.3) is 5.91 Å². The highest BCUT2D eigenvalue weighted by molar-refractivity contribution is 6.02. The van der Waals surface area contributed by atoms with E-state index in [2.05, 4.69) is 92.0 Å². The zero-order valence-electron chi connectivity index (χ0n) is 29.3. The third-order valence-corrected chi connectivity index (χ3v) is 10.7. The predicted molar refractivity (Wildman–Crippen MR) is 200 cm³/mol. The summed E-state index contributed by atoms with van der Waals surface area (Å²) in [6.45, 7) is 3.74. The lowest BCUT2D eigenvalue weighted by Crippen LogP contribution is -2.39. The van der Waals surface area contributed by atoms with Crippen LogP contribution in [-0.4, -0.2) is 62.1 Å². The van der Waals surface area contributed by atoms with Gasteiger partial charge in [-0.15, -0.1) is 0 Å². The summed E-state index contributed by atoms with van der Waals surface area (Å²) in [5.41, 5.74) is 8.82. The van der Waals surface area contributed by atoms with Gasteiger partial charge in [0.15, 0.2) is 5.90 Å². The normalized spacial score (nSPS) is 22.9. The maximum atomic E-state index is 14.3. The molecule has 52 heavy (non-hydrogen) atoms. The predicted octanol–water partition coefficient (Wildman–Crippen LogP) is 7.45. The Bertz CT molecular complexity index is 2360. The molecule has 3 aromatic heterocycles. The van der Waals surface area contributed by atoms with E-state index in [1.165, 1.54) is 5.56 Å². The zero-order chi connectivity index (χ0) is 35.6. The van der Waals surface area contributed by atoms with Crippen LogP contribution in [0.25, 0.3) is 44.5 Å². The van der Waals surface area contributed by atoms with E-state index in [1.54, 1.807) is 21.0 Å². The zero-order valence-corrected chi connectivity index (χ0v) is 29.3. The Hall–Kier alpha value is -5.68. The molecular formula is C41H39FN8O2. The Balaban J connectivity index is 0.941. The summed E-state index contributed by atoms with van der Waals surface area (Å²) >= 11 is 0. The number of pyridine rings is 1. The minimum atomic E-state index is -1.22. The van der Waals surface area contributed by atoms with Crippen LogP contribution in [0.2, 0.25) is 0 Å². The molecule has 3 aromatic carbocycles. The van der Waals surface area contributed by atoms with E-state index < -0.39 is 11.7 Å². The summed E-state index contributed by atoms with van der Waals surface area (Å²) < 4.78 is 19.6. The number of methoxy groups -OCH3 is 1. The third kappa shape index (κ3) is 5.75. The molecule has 0 radical (unpaired) electrons. The maximum absolute atomic E-state index is 14.3. The minimum absolute atomic E-state index is 0.0277. The third-order valence-electron chi connectivity index (χ3n) is 10.7. The monoisotopic (exact) mass is 694 g/mol. The molecule has 1 fully saturated rings. The molecule has 0 spiro atoms. The molecule has 11 heteroatoms. The highest BCUT2D eigenvalue weighted by Crippen LogP contribution is 2.45. The summed E-state index contributed by atoms with van der Waals surface area (Å²) in [7, 11) is 1.58. The number of carbonyl (C=O) groups excluding carboxylic acids is 1. The van der Waals surface area contributed by atoms with Crippen LogP contribution in [0, 0.1) is 0 Å². The fourth-order valence-electron chi connectivity index (χ4n) is 7.93. The average Bonchev–Trinajstić information content (AvgIpc) is 3.97. The first-order chi connectivity index (χ1) is 25.2. The van der Waals surface area contributed by atoms with Crippen molar-refractivity contribution in [3.63, 3.8) is 0 Å². The molecule has 4 unspecified atom stereocenters. The summed E-state index contributed by atoms with van der Waals surface area (Å²) in [6.07, 6.45) is 8.00. The number of para-hydroxylation sites is 1. The molecule has 3 aliphatic heterocycles. The molecule has 3 N–H and O–H groups in total. The number of carbonyl (C=O) groups is 1. The number of imidazole rings is 2. The summed E-state index contributed by atoms with van der Waals surface area (Å²) in [4.78, 5) is 41.6. The second-order valence-electron chi connectivity index (χ2n) is 14.4. The first kappa shape index (κ1) is 32.2. The number of nitrogens with one attached hydrogen (secondary N) is 3. The van der Waals surface area contributed by atoms with E-state index in [0.29, 0.717) is 31.7 Å². The number of aliphatic imine (C=N–C) groups is 1. The molecule has 4 atom stereocenters. The lowest BCUT2D eigenvalue weighted by molar-refractivity contribution is -0.120. The van der Waals surface area contributed by atoms with Crippen LogP contribution < -0.4 is 10.2 Å². The van der Waals surface area contributed by atoms with Crippen LogP contribution in [0.5, 0.6) is 0 Å². The number of aromatic nitrogens is 5. The summed E-state index contributed by atoms with van der Waals surface area (Å²) in [5.74, 6) is 1.97. The Labute approximate surface area is 300 Å². The van der Waals surface area contributed by atoms with Gasteiger partial charge in [-0.1, -0.05) is 54.6 Å². The van der Waals surface area contributed by atoms with Gasteiger partial charge in [0, 0.05) is 43.5 Å². The van der Waals surface area contributed by atoms with Crippen molar-refractivity contribution in [1.29, 1.82) is 0 Å².